The fraction of sp³-hybridized carbons (Fsp3) is 0.312. The van der Waals surface area contributed by atoms with Crippen LogP contribution >= 0.6 is 0 Å². The molecule has 0 bridgehead atoms. The molecule has 112 valence electrons. The maximum atomic E-state index is 11.9. The Kier molecular flexibility index (Phi) is 5.40. The van der Waals surface area contributed by atoms with Gasteiger partial charge in [0.1, 0.15) is 5.75 Å². The first-order valence-corrected chi connectivity index (χ1v) is 6.86. The SMILES string of the molecule is C[C@H](Oc1ccccc1)C(=O)NCC[C@@H](O)c1ccoc1. The summed E-state index contributed by atoms with van der Waals surface area (Å²) >= 11 is 0. The highest BCUT2D eigenvalue weighted by Gasteiger charge is 2.15. The van der Waals surface area contributed by atoms with Crippen molar-refractivity contribution in [2.24, 2.45) is 0 Å². The van der Waals surface area contributed by atoms with Crippen LogP contribution in [-0.2, 0) is 4.79 Å². The van der Waals surface area contributed by atoms with Gasteiger partial charge in [0.15, 0.2) is 6.10 Å². The van der Waals surface area contributed by atoms with E-state index in [0.29, 0.717) is 24.3 Å². The van der Waals surface area contributed by atoms with E-state index in [4.69, 9.17) is 9.15 Å². The first kappa shape index (κ1) is 15.1. The molecule has 2 rings (SSSR count). The van der Waals surface area contributed by atoms with Gasteiger partial charge in [0.2, 0.25) is 0 Å². The lowest BCUT2D eigenvalue weighted by Gasteiger charge is -2.15. The Morgan fingerprint density at radius 1 is 1.33 bits per heavy atom. The van der Waals surface area contributed by atoms with Gasteiger partial charge in [-0.05, 0) is 31.5 Å². The van der Waals surface area contributed by atoms with E-state index in [9.17, 15) is 9.90 Å². The number of aliphatic hydroxyl groups excluding tert-OH is 1. The Morgan fingerprint density at radius 2 is 2.10 bits per heavy atom. The highest BCUT2D eigenvalue weighted by molar-refractivity contribution is 5.80. The molecular formula is C16H19NO4. The third-order valence-corrected chi connectivity index (χ3v) is 3.07. The van der Waals surface area contributed by atoms with Gasteiger partial charge in [0.05, 0.1) is 18.6 Å². The summed E-state index contributed by atoms with van der Waals surface area (Å²) in [5.41, 5.74) is 0.706. The zero-order valence-corrected chi connectivity index (χ0v) is 11.9. The number of hydrogen-bond donors (Lipinski definition) is 2. The van der Waals surface area contributed by atoms with Crippen molar-refractivity contribution in [1.29, 1.82) is 0 Å². The van der Waals surface area contributed by atoms with Crippen molar-refractivity contribution < 1.29 is 19.1 Å². The van der Waals surface area contributed by atoms with Crippen LogP contribution in [0.2, 0.25) is 0 Å². The molecular weight excluding hydrogens is 270 g/mol. The maximum Gasteiger partial charge on any atom is 0.260 e. The van der Waals surface area contributed by atoms with Crippen molar-refractivity contribution >= 4 is 5.91 Å². The maximum absolute atomic E-state index is 11.9. The van der Waals surface area contributed by atoms with Gasteiger partial charge in [-0.3, -0.25) is 4.79 Å². The van der Waals surface area contributed by atoms with Gasteiger partial charge in [-0.1, -0.05) is 18.2 Å². The molecule has 1 heterocycles. The van der Waals surface area contributed by atoms with Gasteiger partial charge in [0.25, 0.3) is 5.91 Å². The van der Waals surface area contributed by atoms with Crippen molar-refractivity contribution in [3.05, 3.63) is 54.5 Å². The predicted octanol–water partition coefficient (Wildman–Crippen LogP) is 2.29. The number of nitrogens with one attached hydrogen (secondary N) is 1. The van der Waals surface area contributed by atoms with E-state index in [1.807, 2.05) is 18.2 Å². The summed E-state index contributed by atoms with van der Waals surface area (Å²) in [6.07, 6.45) is 2.19. The van der Waals surface area contributed by atoms with Crippen LogP contribution in [0.15, 0.2) is 53.3 Å². The number of furan rings is 1. The third kappa shape index (κ3) is 4.65. The van der Waals surface area contributed by atoms with Crippen LogP contribution in [0, 0.1) is 0 Å². The van der Waals surface area contributed by atoms with Crippen molar-refractivity contribution in [2.45, 2.75) is 25.6 Å². The number of para-hydroxylation sites is 1. The fourth-order valence-electron chi connectivity index (χ4n) is 1.86. The molecule has 0 saturated carbocycles. The van der Waals surface area contributed by atoms with Crippen LogP contribution in [-0.4, -0.2) is 23.7 Å². The topological polar surface area (TPSA) is 71.7 Å². The Hall–Kier alpha value is -2.27. The second-order valence-electron chi connectivity index (χ2n) is 4.73. The average Bonchev–Trinajstić information content (AvgIpc) is 3.02. The Labute approximate surface area is 123 Å². The van der Waals surface area contributed by atoms with E-state index in [-0.39, 0.29) is 5.91 Å². The second-order valence-corrected chi connectivity index (χ2v) is 4.73. The Balaban J connectivity index is 1.71. The van der Waals surface area contributed by atoms with Gasteiger partial charge in [-0.15, -0.1) is 0 Å². The summed E-state index contributed by atoms with van der Waals surface area (Å²) in [6.45, 7) is 2.06. The molecule has 0 aliphatic carbocycles. The standard InChI is InChI=1S/C16H19NO4/c1-12(21-14-5-3-2-4-6-14)16(19)17-9-7-15(18)13-8-10-20-11-13/h2-6,8,10-12,15,18H,7,9H2,1H3,(H,17,19)/t12-,15+/m0/s1. The number of benzene rings is 1. The number of rotatable bonds is 7. The number of carbonyl (C=O) groups excluding carboxylic acids is 1. The van der Waals surface area contributed by atoms with Gasteiger partial charge in [-0.2, -0.15) is 0 Å². The normalized spacial score (nSPS) is 13.4. The summed E-state index contributed by atoms with van der Waals surface area (Å²) < 4.78 is 10.4. The van der Waals surface area contributed by atoms with Gasteiger partial charge in [0, 0.05) is 12.1 Å². The molecule has 21 heavy (non-hydrogen) atoms. The van der Waals surface area contributed by atoms with Crippen LogP contribution in [0.3, 0.4) is 0 Å². The van der Waals surface area contributed by atoms with Crippen LogP contribution < -0.4 is 10.1 Å². The summed E-state index contributed by atoms with van der Waals surface area (Å²) in [7, 11) is 0. The minimum absolute atomic E-state index is 0.210. The summed E-state index contributed by atoms with van der Waals surface area (Å²) in [6, 6.07) is 10.9. The molecule has 2 atom stereocenters. The zero-order chi connectivity index (χ0) is 15.1. The molecule has 0 unspecified atom stereocenters. The summed E-state index contributed by atoms with van der Waals surface area (Å²) in [5.74, 6) is 0.442. The fourth-order valence-corrected chi connectivity index (χ4v) is 1.86. The van der Waals surface area contributed by atoms with Crippen molar-refractivity contribution in [1.82, 2.24) is 5.32 Å². The molecule has 2 aromatic rings. The number of hydrogen-bond acceptors (Lipinski definition) is 4. The van der Waals surface area contributed by atoms with Gasteiger partial charge >= 0.3 is 0 Å². The van der Waals surface area contributed by atoms with E-state index in [2.05, 4.69) is 5.32 Å². The lowest BCUT2D eigenvalue weighted by atomic mass is 10.1. The van der Waals surface area contributed by atoms with E-state index >= 15 is 0 Å². The highest BCUT2D eigenvalue weighted by Crippen LogP contribution is 2.16. The molecule has 2 N–H and O–H groups in total. The van der Waals surface area contributed by atoms with Gasteiger partial charge < -0.3 is 19.6 Å². The van der Waals surface area contributed by atoms with Crippen molar-refractivity contribution in [2.75, 3.05) is 6.54 Å². The molecule has 1 aromatic carbocycles. The number of amides is 1. The Bertz CT molecular complexity index is 539. The molecule has 0 radical (unpaired) electrons. The largest absolute Gasteiger partial charge is 0.481 e. The van der Waals surface area contributed by atoms with Crippen molar-refractivity contribution in [3.63, 3.8) is 0 Å². The lowest BCUT2D eigenvalue weighted by molar-refractivity contribution is -0.127. The molecule has 0 aliphatic heterocycles. The second kappa shape index (κ2) is 7.50. The molecule has 0 aliphatic rings. The first-order chi connectivity index (χ1) is 10.2. The van der Waals surface area contributed by atoms with Crippen LogP contribution in [0.1, 0.15) is 25.0 Å². The Morgan fingerprint density at radius 3 is 2.76 bits per heavy atom. The predicted molar refractivity (Wildman–Crippen MR) is 77.8 cm³/mol. The number of aliphatic hydroxyl groups is 1. The third-order valence-electron chi connectivity index (χ3n) is 3.07. The van der Waals surface area contributed by atoms with Crippen molar-refractivity contribution in [3.8, 4) is 5.75 Å². The van der Waals surface area contributed by atoms with E-state index in [1.54, 1.807) is 25.1 Å². The minimum atomic E-state index is -0.644. The smallest absolute Gasteiger partial charge is 0.260 e. The molecule has 5 nitrogen and oxygen atoms in total. The zero-order valence-electron chi connectivity index (χ0n) is 11.9. The average molecular weight is 289 g/mol. The van der Waals surface area contributed by atoms with E-state index < -0.39 is 12.2 Å². The lowest BCUT2D eigenvalue weighted by Crippen LogP contribution is -2.37. The molecule has 0 saturated heterocycles. The van der Waals surface area contributed by atoms with E-state index in [1.165, 1.54) is 12.5 Å². The quantitative estimate of drug-likeness (QED) is 0.820. The number of ether oxygens (including phenoxy) is 1. The molecule has 5 heteroatoms. The van der Waals surface area contributed by atoms with Crippen LogP contribution in [0.25, 0.3) is 0 Å². The molecule has 1 amide bonds. The molecule has 1 aromatic heterocycles. The van der Waals surface area contributed by atoms with E-state index in [0.717, 1.165) is 0 Å². The summed E-state index contributed by atoms with van der Waals surface area (Å²) in [4.78, 5) is 11.9. The minimum Gasteiger partial charge on any atom is -0.481 e. The monoisotopic (exact) mass is 289 g/mol. The number of carbonyl (C=O) groups is 1. The van der Waals surface area contributed by atoms with Gasteiger partial charge in [-0.25, -0.2) is 0 Å². The van der Waals surface area contributed by atoms with Crippen LogP contribution in [0.5, 0.6) is 5.75 Å². The molecule has 0 fully saturated rings. The summed E-state index contributed by atoms with van der Waals surface area (Å²) in [5, 5.41) is 12.6. The highest BCUT2D eigenvalue weighted by atomic mass is 16.5. The first-order valence-electron chi connectivity index (χ1n) is 6.86. The molecule has 0 spiro atoms. The van der Waals surface area contributed by atoms with Crippen LogP contribution in [0.4, 0.5) is 0 Å².